The molecule has 146 valence electrons. The smallest absolute Gasteiger partial charge is 0.354 e. The first-order valence-electron chi connectivity index (χ1n) is 8.71. The molecule has 2 aromatic heterocycles. The summed E-state index contributed by atoms with van der Waals surface area (Å²) in [4.78, 5) is 22.0. The number of pyridine rings is 2. The van der Waals surface area contributed by atoms with E-state index >= 15 is 0 Å². The molecule has 0 radical (unpaired) electrons. The fraction of sp³-hybridized carbons (Fsp3) is 0. The molecule has 0 saturated heterocycles. The van der Waals surface area contributed by atoms with E-state index in [1.165, 1.54) is 6.07 Å². The van der Waals surface area contributed by atoms with Crippen molar-refractivity contribution in [3.8, 4) is 11.3 Å². The molecule has 0 spiro atoms. The predicted molar refractivity (Wildman–Crippen MR) is 108 cm³/mol. The summed E-state index contributed by atoms with van der Waals surface area (Å²) < 4.78 is 0. The largest absolute Gasteiger partial charge is 0.477 e. The third-order valence-corrected chi connectivity index (χ3v) is 4.16. The fourth-order valence-electron chi connectivity index (χ4n) is 2.90. The number of carbonyl (C=O) groups is 1. The maximum atomic E-state index is 11.4. The summed E-state index contributed by atoms with van der Waals surface area (Å²) in [5.41, 5.74) is 3.23. The van der Waals surface area contributed by atoms with Crippen molar-refractivity contribution in [3.63, 3.8) is 0 Å². The molecule has 0 fully saturated rings. The van der Waals surface area contributed by atoms with Gasteiger partial charge in [-0.3, -0.25) is 0 Å². The van der Waals surface area contributed by atoms with Crippen LogP contribution in [0, 0.1) is 6.07 Å². The van der Waals surface area contributed by atoms with E-state index in [0.29, 0.717) is 5.82 Å². The van der Waals surface area contributed by atoms with Crippen LogP contribution in [0.25, 0.3) is 11.3 Å². The van der Waals surface area contributed by atoms with Gasteiger partial charge in [0.25, 0.3) is 0 Å². The Kier molecular flexibility index (Phi) is 6.53. The molecule has 0 aliphatic heterocycles. The van der Waals surface area contributed by atoms with E-state index in [1.807, 2.05) is 71.6 Å². The van der Waals surface area contributed by atoms with E-state index in [2.05, 4.69) is 16.0 Å². The van der Waals surface area contributed by atoms with Crippen LogP contribution in [-0.4, -0.2) is 21.0 Å². The number of carboxylic acids is 1. The average Bonchev–Trinajstić information content (AvgIpc) is 2.76. The number of carboxylic acid groups (broad SMARTS) is 1. The van der Waals surface area contributed by atoms with E-state index < -0.39 is 5.97 Å². The fourth-order valence-corrected chi connectivity index (χ4v) is 2.90. The summed E-state index contributed by atoms with van der Waals surface area (Å²) >= 11 is 0. The molecule has 0 aliphatic carbocycles. The molecular weight excluding hydrogens is 545 g/mol. The van der Waals surface area contributed by atoms with Crippen LogP contribution in [0.15, 0.2) is 91.1 Å². The first kappa shape index (κ1) is 20.4. The van der Waals surface area contributed by atoms with Crippen molar-refractivity contribution in [1.29, 1.82) is 0 Å². The maximum absolute atomic E-state index is 11.4. The van der Waals surface area contributed by atoms with Crippen molar-refractivity contribution >= 4 is 23.2 Å². The number of anilines is 3. The van der Waals surface area contributed by atoms with Gasteiger partial charge in [0.1, 0.15) is 5.82 Å². The van der Waals surface area contributed by atoms with Gasteiger partial charge >= 0.3 is 5.97 Å². The van der Waals surface area contributed by atoms with Gasteiger partial charge in [0.05, 0.1) is 0 Å². The van der Waals surface area contributed by atoms with Crippen LogP contribution >= 0.6 is 0 Å². The molecule has 0 bridgehead atoms. The minimum Gasteiger partial charge on any atom is -0.477 e. The molecule has 4 aromatic rings. The number of hydrogen-bond donors (Lipinski definition) is 1. The number of nitrogens with zero attached hydrogens (tertiary/aromatic N) is 3. The molecule has 4 rings (SSSR count). The van der Waals surface area contributed by atoms with Gasteiger partial charge in [0.15, 0.2) is 5.69 Å². The van der Waals surface area contributed by atoms with E-state index in [1.54, 1.807) is 18.3 Å². The zero-order valence-electron chi connectivity index (χ0n) is 15.2. The molecule has 0 atom stereocenters. The predicted octanol–water partition coefficient (Wildman–Crippen LogP) is 5.11. The van der Waals surface area contributed by atoms with Crippen molar-refractivity contribution in [2.45, 2.75) is 0 Å². The van der Waals surface area contributed by atoms with Crippen LogP contribution in [-0.2, 0) is 21.1 Å². The SMILES string of the molecule is O=C(O)c1cccc(N(c2[c-]c(-c3ccccn3)ccc2)c2ccccc2)n1.[Pt]. The Balaban J connectivity index is 0.00000240. The van der Waals surface area contributed by atoms with Crippen LogP contribution < -0.4 is 4.90 Å². The van der Waals surface area contributed by atoms with Gasteiger partial charge in [-0.1, -0.05) is 36.4 Å². The number of para-hydroxylation sites is 1. The minimum absolute atomic E-state index is 0. The van der Waals surface area contributed by atoms with Crippen molar-refractivity contribution in [2.75, 3.05) is 4.90 Å². The minimum atomic E-state index is -1.07. The number of hydrogen-bond acceptors (Lipinski definition) is 4. The second-order valence-electron chi connectivity index (χ2n) is 6.02. The van der Waals surface area contributed by atoms with E-state index in [0.717, 1.165) is 22.6 Å². The van der Waals surface area contributed by atoms with Gasteiger partial charge in [-0.25, -0.2) is 9.78 Å². The van der Waals surface area contributed by atoms with Crippen molar-refractivity contribution in [3.05, 3.63) is 103 Å². The Morgan fingerprint density at radius 3 is 2.34 bits per heavy atom. The van der Waals surface area contributed by atoms with Gasteiger partial charge < -0.3 is 15.0 Å². The third-order valence-electron chi connectivity index (χ3n) is 4.16. The maximum Gasteiger partial charge on any atom is 0.354 e. The first-order valence-corrected chi connectivity index (χ1v) is 8.71. The number of rotatable bonds is 5. The Hall–Kier alpha value is -3.30. The monoisotopic (exact) mass is 561 g/mol. The van der Waals surface area contributed by atoms with Crippen molar-refractivity contribution in [1.82, 2.24) is 9.97 Å². The Bertz CT molecular complexity index is 1110. The molecule has 0 saturated carbocycles. The molecule has 6 heteroatoms. The number of aromatic carboxylic acids is 1. The summed E-state index contributed by atoms with van der Waals surface area (Å²) in [6, 6.07) is 29.5. The van der Waals surface area contributed by atoms with E-state index in [4.69, 9.17) is 0 Å². The summed E-state index contributed by atoms with van der Waals surface area (Å²) in [7, 11) is 0. The molecule has 0 aliphatic rings. The average molecular weight is 561 g/mol. The zero-order chi connectivity index (χ0) is 19.3. The number of aromatic nitrogens is 2. The van der Waals surface area contributed by atoms with Crippen LogP contribution in [0.1, 0.15) is 10.5 Å². The normalized spacial score (nSPS) is 10.1. The summed E-state index contributed by atoms with van der Waals surface area (Å²) in [5, 5.41) is 9.33. The Morgan fingerprint density at radius 2 is 1.62 bits per heavy atom. The van der Waals surface area contributed by atoms with Gasteiger partial charge in [0.2, 0.25) is 0 Å². The van der Waals surface area contributed by atoms with E-state index in [9.17, 15) is 9.90 Å². The van der Waals surface area contributed by atoms with Crippen LogP contribution in [0.5, 0.6) is 0 Å². The van der Waals surface area contributed by atoms with E-state index in [-0.39, 0.29) is 26.8 Å². The molecule has 2 heterocycles. The molecule has 1 N–H and O–H groups in total. The van der Waals surface area contributed by atoms with Crippen LogP contribution in [0.4, 0.5) is 17.2 Å². The third kappa shape index (κ3) is 4.58. The van der Waals surface area contributed by atoms with Gasteiger partial charge in [-0.15, -0.1) is 29.8 Å². The van der Waals surface area contributed by atoms with Gasteiger partial charge in [-0.05, 0) is 41.7 Å². The van der Waals surface area contributed by atoms with Crippen LogP contribution in [0.2, 0.25) is 0 Å². The Morgan fingerprint density at radius 1 is 0.862 bits per heavy atom. The molecule has 5 nitrogen and oxygen atoms in total. The van der Waals surface area contributed by atoms with Gasteiger partial charge in [-0.2, -0.15) is 0 Å². The summed E-state index contributed by atoms with van der Waals surface area (Å²) in [6.07, 6.45) is 1.74. The van der Waals surface area contributed by atoms with Crippen molar-refractivity contribution < 1.29 is 31.0 Å². The summed E-state index contributed by atoms with van der Waals surface area (Å²) in [5.74, 6) is -0.568. The Labute approximate surface area is 183 Å². The topological polar surface area (TPSA) is 66.3 Å². The van der Waals surface area contributed by atoms with Crippen molar-refractivity contribution in [2.24, 2.45) is 0 Å². The zero-order valence-corrected chi connectivity index (χ0v) is 17.4. The number of benzene rings is 2. The molecule has 29 heavy (non-hydrogen) atoms. The second-order valence-corrected chi connectivity index (χ2v) is 6.02. The standard InChI is InChI=1S/C23H16N3O2.Pt/c27-23(28)21-13-7-14-22(25-21)26(18-9-2-1-3-10-18)19-11-6-8-17(16-19)20-12-4-5-15-24-20;/h1-15H,(H,27,28);/q-1;. The van der Waals surface area contributed by atoms with Crippen LogP contribution in [0.3, 0.4) is 0 Å². The molecule has 0 unspecified atom stereocenters. The molecule has 0 amide bonds. The summed E-state index contributed by atoms with van der Waals surface area (Å²) in [6.45, 7) is 0. The first-order chi connectivity index (χ1) is 13.7. The second kappa shape index (κ2) is 9.26. The van der Waals surface area contributed by atoms with Gasteiger partial charge in [0, 0.05) is 32.9 Å². The quantitative estimate of drug-likeness (QED) is 0.343. The molecule has 2 aromatic carbocycles. The molecular formula is C23H16N3O2Pt-.